The minimum atomic E-state index is -0.279. The van der Waals surface area contributed by atoms with Crippen molar-refractivity contribution in [1.82, 2.24) is 5.43 Å². The Labute approximate surface area is 136 Å². The summed E-state index contributed by atoms with van der Waals surface area (Å²) in [4.78, 5) is 12.0. The molecule has 1 N–H and O–H groups in total. The molecule has 0 aliphatic carbocycles. The smallest absolute Gasteiger partial charge is 0.271 e. The van der Waals surface area contributed by atoms with Crippen LogP contribution in [0.3, 0.4) is 0 Å². The molecule has 5 nitrogen and oxygen atoms in total. The molecule has 1 amide bonds. The molecule has 2 aromatic rings. The quantitative estimate of drug-likeness (QED) is 0.625. The highest BCUT2D eigenvalue weighted by molar-refractivity contribution is 5.94. The van der Waals surface area contributed by atoms with Crippen LogP contribution in [0.4, 0.5) is 0 Å². The number of rotatable bonds is 7. The van der Waals surface area contributed by atoms with Crippen LogP contribution in [0.1, 0.15) is 42.1 Å². The minimum Gasteiger partial charge on any atom is -0.494 e. The Bertz CT molecular complexity index is 657. The van der Waals surface area contributed by atoms with Crippen molar-refractivity contribution in [1.29, 1.82) is 0 Å². The van der Waals surface area contributed by atoms with E-state index >= 15 is 0 Å². The molecule has 0 atom stereocenters. The fourth-order valence-electron chi connectivity index (χ4n) is 1.86. The molecule has 122 valence electrons. The summed E-state index contributed by atoms with van der Waals surface area (Å²) < 4.78 is 10.9. The van der Waals surface area contributed by atoms with E-state index in [4.69, 9.17) is 9.15 Å². The second-order valence-corrected chi connectivity index (χ2v) is 5.70. The largest absolute Gasteiger partial charge is 0.494 e. The topological polar surface area (TPSA) is 63.8 Å². The lowest BCUT2D eigenvalue weighted by Crippen LogP contribution is -2.17. The first-order chi connectivity index (χ1) is 11.0. The van der Waals surface area contributed by atoms with Crippen molar-refractivity contribution in [2.75, 3.05) is 6.61 Å². The number of aryl methyl sites for hydroxylation is 1. The molecule has 23 heavy (non-hydrogen) atoms. The highest BCUT2D eigenvalue weighted by atomic mass is 16.5. The van der Waals surface area contributed by atoms with Crippen LogP contribution in [-0.2, 0) is 0 Å². The van der Waals surface area contributed by atoms with Crippen LogP contribution in [0.2, 0.25) is 0 Å². The predicted molar refractivity (Wildman–Crippen MR) is 89.9 cm³/mol. The first-order valence-electron chi connectivity index (χ1n) is 7.67. The van der Waals surface area contributed by atoms with Gasteiger partial charge in [0.05, 0.1) is 12.8 Å². The average molecular weight is 314 g/mol. The van der Waals surface area contributed by atoms with E-state index in [0.29, 0.717) is 23.8 Å². The molecule has 1 aromatic heterocycles. The van der Waals surface area contributed by atoms with Crippen LogP contribution in [0.25, 0.3) is 0 Å². The Morgan fingerprint density at radius 2 is 2.00 bits per heavy atom. The van der Waals surface area contributed by atoms with Gasteiger partial charge in [0, 0.05) is 5.56 Å². The van der Waals surface area contributed by atoms with Crippen LogP contribution in [0.15, 0.2) is 45.9 Å². The van der Waals surface area contributed by atoms with E-state index in [2.05, 4.69) is 24.4 Å². The number of furan rings is 1. The molecule has 0 saturated heterocycles. The van der Waals surface area contributed by atoms with Crippen LogP contribution in [0.5, 0.6) is 5.75 Å². The molecule has 1 heterocycles. The molecule has 0 aliphatic rings. The van der Waals surface area contributed by atoms with Gasteiger partial charge in [-0.15, -0.1) is 0 Å². The third-order valence-electron chi connectivity index (χ3n) is 3.20. The summed E-state index contributed by atoms with van der Waals surface area (Å²) in [6.07, 6.45) is 2.47. The Hall–Kier alpha value is -2.56. The highest BCUT2D eigenvalue weighted by Gasteiger charge is 2.05. The summed E-state index contributed by atoms with van der Waals surface area (Å²) in [7, 11) is 0. The summed E-state index contributed by atoms with van der Waals surface area (Å²) in [5.74, 6) is 2.48. The highest BCUT2D eigenvalue weighted by Crippen LogP contribution is 2.13. The summed E-state index contributed by atoms with van der Waals surface area (Å²) in [6, 6.07) is 10.6. The zero-order valence-electron chi connectivity index (χ0n) is 13.7. The number of carbonyl (C=O) groups is 1. The summed E-state index contributed by atoms with van der Waals surface area (Å²) >= 11 is 0. The number of hydrogen-bond acceptors (Lipinski definition) is 4. The van der Waals surface area contributed by atoms with Gasteiger partial charge < -0.3 is 9.15 Å². The van der Waals surface area contributed by atoms with Gasteiger partial charge in [0.15, 0.2) is 0 Å². The van der Waals surface area contributed by atoms with Gasteiger partial charge in [-0.3, -0.25) is 4.79 Å². The van der Waals surface area contributed by atoms with E-state index in [-0.39, 0.29) is 5.91 Å². The third-order valence-corrected chi connectivity index (χ3v) is 3.20. The molecule has 0 spiro atoms. The van der Waals surface area contributed by atoms with Gasteiger partial charge in [-0.05, 0) is 55.7 Å². The molecule has 5 heteroatoms. The zero-order valence-corrected chi connectivity index (χ0v) is 13.7. The minimum absolute atomic E-state index is 0.279. The average Bonchev–Trinajstić information content (AvgIpc) is 2.93. The van der Waals surface area contributed by atoms with Crippen molar-refractivity contribution in [2.24, 2.45) is 11.0 Å². The molecule has 2 rings (SSSR count). The number of nitrogens with zero attached hydrogens (tertiary/aromatic N) is 1. The fourth-order valence-corrected chi connectivity index (χ4v) is 1.86. The summed E-state index contributed by atoms with van der Waals surface area (Å²) in [5.41, 5.74) is 2.99. The number of carbonyl (C=O) groups excluding carboxylic acids is 1. The SMILES string of the molecule is Cc1ccc(/C=N/NC(=O)c2ccc(OCCC(C)C)cc2)o1. The summed E-state index contributed by atoms with van der Waals surface area (Å²) in [6.45, 7) is 6.83. The van der Waals surface area contributed by atoms with Gasteiger partial charge in [0.25, 0.3) is 5.91 Å². The van der Waals surface area contributed by atoms with Gasteiger partial charge in [-0.25, -0.2) is 5.43 Å². The maximum Gasteiger partial charge on any atom is 0.271 e. The van der Waals surface area contributed by atoms with E-state index in [1.54, 1.807) is 30.3 Å². The number of hydrazone groups is 1. The monoisotopic (exact) mass is 314 g/mol. The molecule has 0 fully saturated rings. The van der Waals surface area contributed by atoms with Crippen molar-refractivity contribution in [2.45, 2.75) is 27.2 Å². The first kappa shape index (κ1) is 16.8. The van der Waals surface area contributed by atoms with Crippen LogP contribution < -0.4 is 10.2 Å². The standard InChI is InChI=1S/C18H22N2O3/c1-13(2)10-11-22-16-8-5-15(6-9-16)18(21)20-19-12-17-7-4-14(3)23-17/h4-9,12-13H,10-11H2,1-3H3,(H,20,21)/b19-12+. The van der Waals surface area contributed by atoms with Gasteiger partial charge in [-0.2, -0.15) is 5.10 Å². The molecule has 1 aromatic carbocycles. The second-order valence-electron chi connectivity index (χ2n) is 5.70. The van der Waals surface area contributed by atoms with Gasteiger partial charge in [-0.1, -0.05) is 13.8 Å². The maximum absolute atomic E-state index is 12.0. The van der Waals surface area contributed by atoms with E-state index in [1.165, 1.54) is 6.21 Å². The Kier molecular flexibility index (Phi) is 5.97. The van der Waals surface area contributed by atoms with Crippen molar-refractivity contribution in [3.63, 3.8) is 0 Å². The van der Waals surface area contributed by atoms with Crippen molar-refractivity contribution in [3.8, 4) is 5.75 Å². The van der Waals surface area contributed by atoms with Crippen molar-refractivity contribution >= 4 is 12.1 Å². The molecular formula is C18H22N2O3. The van der Waals surface area contributed by atoms with Crippen molar-refractivity contribution < 1.29 is 13.9 Å². The predicted octanol–water partition coefficient (Wildman–Crippen LogP) is 3.78. The first-order valence-corrected chi connectivity index (χ1v) is 7.67. The molecule has 0 saturated carbocycles. The summed E-state index contributed by atoms with van der Waals surface area (Å²) in [5, 5.41) is 3.87. The van der Waals surface area contributed by atoms with E-state index < -0.39 is 0 Å². The Morgan fingerprint density at radius 1 is 1.26 bits per heavy atom. The molecular weight excluding hydrogens is 292 g/mol. The molecule has 0 unspecified atom stereocenters. The van der Waals surface area contributed by atoms with Gasteiger partial charge in [0.1, 0.15) is 17.3 Å². The lowest BCUT2D eigenvalue weighted by Gasteiger charge is -2.08. The van der Waals surface area contributed by atoms with Gasteiger partial charge in [0.2, 0.25) is 0 Å². The number of nitrogens with one attached hydrogen (secondary N) is 1. The Morgan fingerprint density at radius 3 is 2.61 bits per heavy atom. The van der Waals surface area contributed by atoms with Crippen LogP contribution in [0, 0.1) is 12.8 Å². The van der Waals surface area contributed by atoms with Gasteiger partial charge >= 0.3 is 0 Å². The molecule has 0 bridgehead atoms. The third kappa shape index (κ3) is 5.62. The lowest BCUT2D eigenvalue weighted by molar-refractivity contribution is 0.0955. The Balaban J connectivity index is 1.83. The lowest BCUT2D eigenvalue weighted by atomic mass is 10.1. The zero-order chi connectivity index (χ0) is 16.7. The molecule has 0 radical (unpaired) electrons. The fraction of sp³-hybridized carbons (Fsp3) is 0.333. The normalized spacial score (nSPS) is 11.1. The van der Waals surface area contributed by atoms with Crippen LogP contribution >= 0.6 is 0 Å². The number of benzene rings is 1. The number of hydrogen-bond donors (Lipinski definition) is 1. The van der Waals surface area contributed by atoms with Crippen LogP contribution in [-0.4, -0.2) is 18.7 Å². The number of amides is 1. The number of ether oxygens (including phenoxy) is 1. The van der Waals surface area contributed by atoms with E-state index in [9.17, 15) is 4.79 Å². The van der Waals surface area contributed by atoms with E-state index in [0.717, 1.165) is 17.9 Å². The second kappa shape index (κ2) is 8.17. The van der Waals surface area contributed by atoms with Crippen molar-refractivity contribution in [3.05, 3.63) is 53.5 Å². The molecule has 0 aliphatic heterocycles. The maximum atomic E-state index is 12.0. The van der Waals surface area contributed by atoms with E-state index in [1.807, 2.05) is 13.0 Å².